The van der Waals surface area contributed by atoms with Crippen molar-refractivity contribution >= 4 is 20.4 Å². The summed E-state index contributed by atoms with van der Waals surface area (Å²) in [6.45, 7) is 9.51. The second kappa shape index (κ2) is 6.04. The maximum atomic E-state index is 11.8. The molecule has 0 saturated heterocycles. The monoisotopic (exact) mass is 261 g/mol. The van der Waals surface area contributed by atoms with Crippen LogP contribution >= 0.6 is 0 Å². The van der Waals surface area contributed by atoms with Crippen LogP contribution in [0.1, 0.15) is 20.3 Å². The van der Waals surface area contributed by atoms with Crippen molar-refractivity contribution < 1.29 is 19.1 Å². The second-order valence-electron chi connectivity index (χ2n) is 5.57. The van der Waals surface area contributed by atoms with Gasteiger partial charge in [0.15, 0.2) is 0 Å². The molecule has 0 aromatic heterocycles. The molecule has 0 aromatic rings. The van der Waals surface area contributed by atoms with Crippen LogP contribution in [0.4, 0.5) is 4.79 Å². The minimum atomic E-state index is -1.99. The average molecular weight is 261 g/mol. The van der Waals surface area contributed by atoms with Gasteiger partial charge < -0.3 is 9.53 Å². The fourth-order valence-corrected chi connectivity index (χ4v) is 2.00. The molecule has 0 unspecified atom stereocenters. The predicted octanol–water partition coefficient (Wildman–Crippen LogP) is 2.39. The number of carboxylic acids is 1. The summed E-state index contributed by atoms with van der Waals surface area (Å²) in [7, 11) is -0.512. The number of aliphatic carboxylic acids is 1. The van der Waals surface area contributed by atoms with E-state index in [0.717, 1.165) is 0 Å². The zero-order valence-electron chi connectivity index (χ0n) is 11.5. The molecule has 0 aliphatic carbocycles. The summed E-state index contributed by atoms with van der Waals surface area (Å²) in [4.78, 5) is 24.1. The van der Waals surface area contributed by atoms with Crippen molar-refractivity contribution in [2.45, 2.75) is 46.0 Å². The van der Waals surface area contributed by atoms with E-state index >= 15 is 0 Å². The van der Waals surface area contributed by atoms with Gasteiger partial charge in [0.1, 0.15) is 6.04 Å². The Morgan fingerprint density at radius 3 is 2.06 bits per heavy atom. The van der Waals surface area contributed by atoms with Crippen LogP contribution < -0.4 is 0 Å². The maximum Gasteiger partial charge on any atom is 0.396 e. The van der Waals surface area contributed by atoms with E-state index in [1.807, 2.05) is 33.5 Å². The molecule has 100 valence electrons. The minimum absolute atomic E-state index is 0.207. The van der Waals surface area contributed by atoms with E-state index in [-0.39, 0.29) is 5.92 Å². The van der Waals surface area contributed by atoms with Crippen molar-refractivity contribution in [1.82, 2.24) is 4.90 Å². The average Bonchev–Trinajstić information content (AvgIpc) is 2.09. The topological polar surface area (TPSA) is 66.8 Å². The first kappa shape index (κ1) is 16.0. The van der Waals surface area contributed by atoms with Gasteiger partial charge in [-0.1, -0.05) is 13.8 Å². The number of hydrogen-bond acceptors (Lipinski definition) is 3. The van der Waals surface area contributed by atoms with Crippen LogP contribution in [0.5, 0.6) is 0 Å². The molecule has 0 aromatic carbocycles. The molecule has 0 aliphatic heterocycles. The summed E-state index contributed by atoms with van der Waals surface area (Å²) < 4.78 is 5.27. The molecule has 6 heteroatoms. The van der Waals surface area contributed by atoms with E-state index in [9.17, 15) is 9.59 Å². The van der Waals surface area contributed by atoms with Crippen LogP contribution in [0.2, 0.25) is 19.6 Å². The molecule has 0 rings (SSSR count). The third kappa shape index (κ3) is 6.30. The number of nitrogens with zero attached hydrogens (tertiary/aromatic N) is 1. The Hall–Kier alpha value is -1.04. The third-order valence-corrected chi connectivity index (χ3v) is 2.92. The molecular weight excluding hydrogens is 238 g/mol. The van der Waals surface area contributed by atoms with Gasteiger partial charge in [-0.25, -0.2) is 9.59 Å². The van der Waals surface area contributed by atoms with Crippen LogP contribution in [0.25, 0.3) is 0 Å². The number of amides is 1. The van der Waals surface area contributed by atoms with Crippen molar-refractivity contribution in [3.63, 3.8) is 0 Å². The van der Waals surface area contributed by atoms with Crippen LogP contribution in [0.15, 0.2) is 0 Å². The van der Waals surface area contributed by atoms with E-state index < -0.39 is 26.4 Å². The van der Waals surface area contributed by atoms with E-state index in [1.54, 1.807) is 0 Å². The van der Waals surface area contributed by atoms with Gasteiger partial charge in [-0.3, -0.25) is 4.90 Å². The van der Waals surface area contributed by atoms with Gasteiger partial charge in [-0.2, -0.15) is 0 Å². The molecular formula is C11H23NO4Si. The normalized spacial score (nSPS) is 13.4. The summed E-state index contributed by atoms with van der Waals surface area (Å²) in [6, 6.07) is -0.821. The van der Waals surface area contributed by atoms with Gasteiger partial charge in [-0.05, 0) is 32.0 Å². The van der Waals surface area contributed by atoms with Crippen molar-refractivity contribution in [3.05, 3.63) is 0 Å². The fourth-order valence-electron chi connectivity index (χ4n) is 1.33. The molecule has 0 saturated carbocycles. The van der Waals surface area contributed by atoms with Gasteiger partial charge >= 0.3 is 12.1 Å². The van der Waals surface area contributed by atoms with Gasteiger partial charge in [0.05, 0.1) is 0 Å². The number of likely N-dealkylation sites (N-methyl/N-ethyl adjacent to an activating group) is 1. The first-order chi connectivity index (χ1) is 7.54. The SMILES string of the molecule is CC(C)C[C@@H](C(=O)O)N(C)C(=O)O[Si](C)(C)C. The molecule has 17 heavy (non-hydrogen) atoms. The van der Waals surface area contributed by atoms with Crippen LogP contribution in [-0.4, -0.2) is 43.5 Å². The first-order valence-electron chi connectivity index (χ1n) is 5.73. The zero-order chi connectivity index (χ0) is 13.8. The van der Waals surface area contributed by atoms with E-state index in [0.29, 0.717) is 6.42 Å². The van der Waals surface area contributed by atoms with Crippen molar-refractivity contribution in [1.29, 1.82) is 0 Å². The third-order valence-electron chi connectivity index (χ3n) is 2.13. The molecule has 0 aliphatic rings. The fraction of sp³-hybridized carbons (Fsp3) is 0.818. The van der Waals surface area contributed by atoms with Crippen LogP contribution in [-0.2, 0) is 9.22 Å². The van der Waals surface area contributed by atoms with Crippen molar-refractivity contribution in [2.75, 3.05) is 7.05 Å². The van der Waals surface area contributed by atoms with Gasteiger partial charge in [0, 0.05) is 7.05 Å². The molecule has 0 fully saturated rings. The van der Waals surface area contributed by atoms with Gasteiger partial charge in [0.2, 0.25) is 8.32 Å². The Morgan fingerprint density at radius 2 is 1.76 bits per heavy atom. The van der Waals surface area contributed by atoms with Crippen LogP contribution in [0, 0.1) is 5.92 Å². The highest BCUT2D eigenvalue weighted by molar-refractivity contribution is 6.71. The molecule has 5 nitrogen and oxygen atoms in total. The zero-order valence-corrected chi connectivity index (χ0v) is 12.5. The minimum Gasteiger partial charge on any atom is -0.504 e. The lowest BCUT2D eigenvalue weighted by Gasteiger charge is -2.28. The molecule has 0 heterocycles. The van der Waals surface area contributed by atoms with Crippen LogP contribution in [0.3, 0.4) is 0 Å². The molecule has 0 spiro atoms. The lowest BCUT2D eigenvalue weighted by atomic mass is 10.0. The predicted molar refractivity (Wildman–Crippen MR) is 68.5 cm³/mol. The number of carboxylic acid groups (broad SMARTS) is 1. The molecule has 1 amide bonds. The Bertz CT molecular complexity index is 286. The van der Waals surface area contributed by atoms with Gasteiger partial charge in [0.25, 0.3) is 0 Å². The Labute approximate surface area is 104 Å². The van der Waals surface area contributed by atoms with E-state index in [2.05, 4.69) is 0 Å². The number of rotatable bonds is 5. The summed E-state index contributed by atoms with van der Waals surface area (Å²) in [5, 5.41) is 9.10. The highest BCUT2D eigenvalue weighted by Gasteiger charge is 2.31. The summed E-state index contributed by atoms with van der Waals surface area (Å²) in [6.07, 6.45) is -0.121. The standard InChI is InChI=1S/C11H23NO4Si/c1-8(2)7-9(10(13)14)12(3)11(15)16-17(4,5)6/h8-9H,7H2,1-6H3,(H,13,14)/t9-/m0/s1. The number of carbonyl (C=O) groups is 2. The lowest BCUT2D eigenvalue weighted by Crippen LogP contribution is -2.46. The summed E-state index contributed by atoms with van der Waals surface area (Å²) >= 11 is 0. The lowest BCUT2D eigenvalue weighted by molar-refractivity contribution is -0.142. The Morgan fingerprint density at radius 1 is 1.29 bits per heavy atom. The largest absolute Gasteiger partial charge is 0.504 e. The number of hydrogen-bond donors (Lipinski definition) is 1. The summed E-state index contributed by atoms with van der Waals surface area (Å²) in [5.41, 5.74) is 0. The summed E-state index contributed by atoms with van der Waals surface area (Å²) in [5.74, 6) is -0.785. The smallest absolute Gasteiger partial charge is 0.396 e. The van der Waals surface area contributed by atoms with Crippen molar-refractivity contribution in [3.8, 4) is 0 Å². The maximum absolute atomic E-state index is 11.8. The van der Waals surface area contributed by atoms with E-state index in [1.165, 1.54) is 11.9 Å². The highest BCUT2D eigenvalue weighted by Crippen LogP contribution is 2.14. The Kier molecular flexibility index (Phi) is 5.67. The first-order valence-corrected chi connectivity index (χ1v) is 9.14. The van der Waals surface area contributed by atoms with E-state index in [4.69, 9.17) is 9.53 Å². The second-order valence-corrected chi connectivity index (χ2v) is 10.0. The number of carbonyl (C=O) groups excluding carboxylic acids is 1. The molecule has 0 bridgehead atoms. The van der Waals surface area contributed by atoms with Gasteiger partial charge in [-0.15, -0.1) is 0 Å². The highest BCUT2D eigenvalue weighted by atomic mass is 28.4. The molecule has 1 atom stereocenters. The molecule has 0 radical (unpaired) electrons. The van der Waals surface area contributed by atoms with Crippen molar-refractivity contribution in [2.24, 2.45) is 5.92 Å². The molecule has 1 N–H and O–H groups in total. The quantitative estimate of drug-likeness (QED) is 0.772. The Balaban J connectivity index is 4.67.